The summed E-state index contributed by atoms with van der Waals surface area (Å²) in [7, 11) is 0. The quantitative estimate of drug-likeness (QED) is 0.508. The number of rotatable bonds is 4. The van der Waals surface area contributed by atoms with Gasteiger partial charge in [-0.3, -0.25) is 14.4 Å². The van der Waals surface area contributed by atoms with Gasteiger partial charge in [-0.25, -0.2) is 0 Å². The largest absolute Gasteiger partial charge is 0.481 e. The molecule has 0 saturated heterocycles. The first kappa shape index (κ1) is 22.6. The number of carboxylic acid groups (broad SMARTS) is 1. The summed E-state index contributed by atoms with van der Waals surface area (Å²) in [5, 5.41) is 8.99. The summed E-state index contributed by atoms with van der Waals surface area (Å²) in [6.45, 7) is 10.9. The highest BCUT2D eigenvalue weighted by Gasteiger charge is 2.72. The predicted molar refractivity (Wildman–Crippen MR) is 114 cm³/mol. The van der Waals surface area contributed by atoms with Crippen LogP contribution in [0.3, 0.4) is 0 Å². The van der Waals surface area contributed by atoms with Gasteiger partial charge >= 0.3 is 17.9 Å². The molecule has 2 bridgehead atoms. The average molecular weight is 435 g/mol. The fraction of sp³-hybridized carbons (Fsp3) is 0.880. The normalized spacial score (nSPS) is 45.2. The Morgan fingerprint density at radius 1 is 0.968 bits per heavy atom. The average Bonchev–Trinajstić information content (AvgIpc) is 2.93. The molecule has 0 heterocycles. The van der Waals surface area contributed by atoms with Gasteiger partial charge < -0.3 is 14.6 Å². The van der Waals surface area contributed by atoms with Crippen molar-refractivity contribution in [3.05, 3.63) is 0 Å². The molecule has 4 aliphatic carbocycles. The predicted octanol–water partition coefficient (Wildman–Crippen LogP) is 4.74. The summed E-state index contributed by atoms with van der Waals surface area (Å²) >= 11 is 0. The third-order valence-corrected chi connectivity index (χ3v) is 9.99. The second kappa shape index (κ2) is 7.21. The maximum Gasteiger partial charge on any atom is 0.317 e. The third kappa shape index (κ3) is 3.39. The van der Waals surface area contributed by atoms with E-state index in [1.54, 1.807) is 0 Å². The van der Waals surface area contributed by atoms with Gasteiger partial charge in [-0.1, -0.05) is 34.1 Å². The molecule has 4 aliphatic rings. The molecular weight excluding hydrogens is 396 g/mol. The number of carboxylic acids is 1. The van der Waals surface area contributed by atoms with E-state index in [2.05, 4.69) is 27.7 Å². The van der Waals surface area contributed by atoms with E-state index in [9.17, 15) is 14.4 Å². The molecule has 7 atom stereocenters. The van der Waals surface area contributed by atoms with E-state index in [1.165, 1.54) is 26.2 Å². The first-order valence-electron chi connectivity index (χ1n) is 11.9. The molecule has 0 aromatic carbocycles. The van der Waals surface area contributed by atoms with Crippen LogP contribution in [0.5, 0.6) is 0 Å². The standard InChI is InChI=1S/C25H38O6/c1-15(26)30-17-12-18-22(2,3)7-6-8-24(18,5)25-10-9-23(4,14-25)19(11-16(17)25)31-21(29)13-20(27)28/h16-19H,6-14H2,1-5H3,(H,27,28)/t16-,17?,18+,19?,23+,24+,25+/m1/s1. The van der Waals surface area contributed by atoms with Gasteiger partial charge in [0.1, 0.15) is 18.6 Å². The highest BCUT2D eigenvalue weighted by atomic mass is 16.6. The SMILES string of the molecule is CC(=O)OC1C[C@H]2C(C)(C)CCC[C@]2(C)[C@@]23CC[C@@](C)(C2)C(OC(=O)CC(=O)O)C[C@H]13. The molecule has 0 amide bonds. The van der Waals surface area contributed by atoms with Crippen LogP contribution in [0.25, 0.3) is 0 Å². The summed E-state index contributed by atoms with van der Waals surface area (Å²) < 4.78 is 11.8. The minimum Gasteiger partial charge on any atom is -0.481 e. The molecule has 4 rings (SSSR count). The minimum atomic E-state index is -1.16. The van der Waals surface area contributed by atoms with E-state index < -0.39 is 18.4 Å². The Balaban J connectivity index is 1.72. The second-order valence-electron chi connectivity index (χ2n) is 12.1. The fourth-order valence-corrected chi connectivity index (χ4v) is 8.71. The highest BCUT2D eigenvalue weighted by molar-refractivity contribution is 5.90. The van der Waals surface area contributed by atoms with E-state index in [-0.39, 0.29) is 45.8 Å². The molecular formula is C25H38O6. The molecule has 31 heavy (non-hydrogen) atoms. The summed E-state index contributed by atoms with van der Waals surface area (Å²) in [5.74, 6) is -1.45. The molecule has 0 aromatic heterocycles. The van der Waals surface area contributed by atoms with Crippen molar-refractivity contribution < 1.29 is 29.0 Å². The smallest absolute Gasteiger partial charge is 0.317 e. The number of ether oxygens (including phenoxy) is 2. The van der Waals surface area contributed by atoms with Crippen molar-refractivity contribution in [2.45, 2.75) is 105 Å². The fourth-order valence-electron chi connectivity index (χ4n) is 8.71. The topological polar surface area (TPSA) is 89.9 Å². The van der Waals surface area contributed by atoms with Gasteiger partial charge in [-0.05, 0) is 67.1 Å². The Hall–Kier alpha value is -1.59. The van der Waals surface area contributed by atoms with E-state index in [4.69, 9.17) is 14.6 Å². The van der Waals surface area contributed by atoms with Gasteiger partial charge in [0.2, 0.25) is 0 Å². The van der Waals surface area contributed by atoms with E-state index in [0.717, 1.165) is 25.7 Å². The Bertz CT molecular complexity index is 789. The molecule has 1 spiro atoms. The lowest BCUT2D eigenvalue weighted by Crippen LogP contribution is -2.64. The molecule has 0 radical (unpaired) electrons. The molecule has 174 valence electrons. The van der Waals surface area contributed by atoms with Crippen LogP contribution in [0.4, 0.5) is 0 Å². The number of carbonyl (C=O) groups is 3. The zero-order chi connectivity index (χ0) is 22.8. The van der Waals surface area contributed by atoms with Crippen molar-refractivity contribution in [1.82, 2.24) is 0 Å². The Morgan fingerprint density at radius 2 is 1.68 bits per heavy atom. The van der Waals surface area contributed by atoms with Gasteiger partial charge in [0.05, 0.1) is 0 Å². The lowest BCUT2D eigenvalue weighted by atomic mass is 9.37. The number of esters is 2. The maximum atomic E-state index is 12.2. The Kier molecular flexibility index (Phi) is 5.26. The van der Waals surface area contributed by atoms with Crippen LogP contribution in [0.1, 0.15) is 92.4 Å². The van der Waals surface area contributed by atoms with Gasteiger partial charge in [0, 0.05) is 18.3 Å². The summed E-state index contributed by atoms with van der Waals surface area (Å²) in [5.41, 5.74) is 0.287. The number of hydrogen-bond donors (Lipinski definition) is 1. The van der Waals surface area contributed by atoms with Crippen molar-refractivity contribution in [3.63, 3.8) is 0 Å². The van der Waals surface area contributed by atoms with Crippen LogP contribution in [0.2, 0.25) is 0 Å². The molecule has 4 saturated carbocycles. The molecule has 4 fully saturated rings. The Morgan fingerprint density at radius 3 is 2.32 bits per heavy atom. The van der Waals surface area contributed by atoms with Crippen LogP contribution in [-0.2, 0) is 23.9 Å². The van der Waals surface area contributed by atoms with Crippen molar-refractivity contribution in [1.29, 1.82) is 0 Å². The molecule has 0 aliphatic heterocycles. The first-order chi connectivity index (χ1) is 14.3. The van der Waals surface area contributed by atoms with Crippen molar-refractivity contribution in [2.75, 3.05) is 0 Å². The monoisotopic (exact) mass is 434 g/mol. The van der Waals surface area contributed by atoms with Gasteiger partial charge in [-0.15, -0.1) is 0 Å². The number of fused-ring (bicyclic) bond motifs is 2. The number of carbonyl (C=O) groups excluding carboxylic acids is 2. The van der Waals surface area contributed by atoms with Crippen LogP contribution in [0.15, 0.2) is 0 Å². The zero-order valence-electron chi connectivity index (χ0n) is 19.7. The molecule has 1 N–H and O–H groups in total. The van der Waals surface area contributed by atoms with Crippen LogP contribution >= 0.6 is 0 Å². The zero-order valence-corrected chi connectivity index (χ0v) is 19.7. The number of hydrogen-bond acceptors (Lipinski definition) is 5. The van der Waals surface area contributed by atoms with E-state index in [1.807, 2.05) is 0 Å². The van der Waals surface area contributed by atoms with Crippen molar-refractivity contribution in [3.8, 4) is 0 Å². The molecule has 6 heteroatoms. The highest BCUT2D eigenvalue weighted by Crippen LogP contribution is 2.76. The third-order valence-electron chi connectivity index (χ3n) is 9.99. The van der Waals surface area contributed by atoms with Crippen molar-refractivity contribution in [2.24, 2.45) is 33.5 Å². The van der Waals surface area contributed by atoms with E-state index >= 15 is 0 Å². The minimum absolute atomic E-state index is 0.0676. The van der Waals surface area contributed by atoms with Crippen LogP contribution < -0.4 is 0 Å². The molecule has 6 nitrogen and oxygen atoms in total. The summed E-state index contributed by atoms with van der Waals surface area (Å²) in [6, 6.07) is 0. The molecule has 0 aromatic rings. The summed E-state index contributed by atoms with van der Waals surface area (Å²) in [4.78, 5) is 35.3. The lowest BCUT2D eigenvalue weighted by Gasteiger charge is -2.68. The van der Waals surface area contributed by atoms with Gasteiger partial charge in [0.25, 0.3) is 0 Å². The van der Waals surface area contributed by atoms with Gasteiger partial charge in [0.15, 0.2) is 0 Å². The van der Waals surface area contributed by atoms with E-state index in [0.29, 0.717) is 12.3 Å². The second-order valence-corrected chi connectivity index (χ2v) is 12.1. The molecule has 2 unspecified atom stereocenters. The van der Waals surface area contributed by atoms with Crippen LogP contribution in [-0.4, -0.2) is 35.2 Å². The summed E-state index contributed by atoms with van der Waals surface area (Å²) in [6.07, 6.45) is 7.01. The Labute approximate surface area is 185 Å². The van der Waals surface area contributed by atoms with Crippen LogP contribution in [0, 0.1) is 33.5 Å². The number of aliphatic carboxylic acids is 1. The van der Waals surface area contributed by atoms with Gasteiger partial charge in [-0.2, -0.15) is 0 Å². The first-order valence-corrected chi connectivity index (χ1v) is 11.9. The lowest BCUT2D eigenvalue weighted by molar-refractivity contribution is -0.235. The maximum absolute atomic E-state index is 12.2. The van der Waals surface area contributed by atoms with Crippen molar-refractivity contribution >= 4 is 17.9 Å².